The monoisotopic (exact) mass is 267 g/mol. The molecule has 0 heterocycles. The lowest BCUT2D eigenvalue weighted by Gasteiger charge is -2.19. The molecule has 0 aliphatic rings. The van der Waals surface area contributed by atoms with Crippen molar-refractivity contribution in [2.45, 2.75) is 59.9 Å². The van der Waals surface area contributed by atoms with Gasteiger partial charge in [0.15, 0.2) is 0 Å². The van der Waals surface area contributed by atoms with E-state index in [1.165, 1.54) is 0 Å². The Labute approximate surface area is 115 Å². The highest BCUT2D eigenvalue weighted by Gasteiger charge is 2.14. The molecule has 0 amide bonds. The Kier molecular flexibility index (Phi) is 5.33. The number of hydrogen-bond acceptors (Lipinski definition) is 4. The van der Waals surface area contributed by atoms with Crippen LogP contribution >= 0.6 is 0 Å². The lowest BCUT2D eigenvalue weighted by molar-refractivity contribution is 0.218. The lowest BCUT2D eigenvalue weighted by Crippen LogP contribution is -2.12. The summed E-state index contributed by atoms with van der Waals surface area (Å²) in [5, 5.41) is 0. The van der Waals surface area contributed by atoms with Gasteiger partial charge in [0.05, 0.1) is 18.3 Å². The van der Waals surface area contributed by atoms with Crippen molar-refractivity contribution in [3.05, 3.63) is 12.1 Å². The van der Waals surface area contributed by atoms with E-state index in [1.54, 1.807) is 0 Å². The lowest BCUT2D eigenvalue weighted by atomic mass is 10.2. The van der Waals surface area contributed by atoms with Crippen molar-refractivity contribution in [2.75, 3.05) is 5.73 Å². The van der Waals surface area contributed by atoms with Crippen molar-refractivity contribution in [1.29, 1.82) is 0 Å². The summed E-state index contributed by atoms with van der Waals surface area (Å²) in [5.41, 5.74) is 6.59. The van der Waals surface area contributed by atoms with Gasteiger partial charge in [0, 0.05) is 12.1 Å². The second kappa shape index (κ2) is 6.55. The molecule has 0 fully saturated rings. The molecule has 0 aromatic heterocycles. The molecule has 0 radical (unpaired) electrons. The first-order valence-corrected chi connectivity index (χ1v) is 6.73. The Bertz CT molecular complexity index is 383. The van der Waals surface area contributed by atoms with Gasteiger partial charge in [0.2, 0.25) is 0 Å². The van der Waals surface area contributed by atoms with Crippen LogP contribution in [0.15, 0.2) is 12.1 Å². The fourth-order valence-corrected chi connectivity index (χ4v) is 1.62. The molecule has 4 heteroatoms. The summed E-state index contributed by atoms with van der Waals surface area (Å²) in [6.07, 6.45) is 0.175. The van der Waals surface area contributed by atoms with Crippen molar-refractivity contribution >= 4 is 5.69 Å². The topological polar surface area (TPSA) is 53.7 Å². The zero-order valence-electron chi connectivity index (χ0n) is 12.7. The van der Waals surface area contributed by atoms with Crippen LogP contribution in [0.2, 0.25) is 0 Å². The van der Waals surface area contributed by atoms with Gasteiger partial charge in [-0.3, -0.25) is 0 Å². The minimum atomic E-state index is 0.0449. The normalized spacial score (nSPS) is 11.2. The fourth-order valence-electron chi connectivity index (χ4n) is 1.62. The predicted octanol–water partition coefficient (Wildman–Crippen LogP) is 3.63. The minimum Gasteiger partial charge on any atom is -0.491 e. The maximum Gasteiger partial charge on any atom is 0.150 e. The number of benzene rings is 1. The quantitative estimate of drug-likeness (QED) is 0.800. The fraction of sp³-hybridized carbons (Fsp3) is 0.600. The number of rotatable bonds is 6. The number of hydrogen-bond donors (Lipinski definition) is 1. The van der Waals surface area contributed by atoms with E-state index in [2.05, 4.69) is 0 Å². The van der Waals surface area contributed by atoms with Crippen LogP contribution in [0.5, 0.6) is 17.2 Å². The Hall–Kier alpha value is -1.58. The van der Waals surface area contributed by atoms with Crippen molar-refractivity contribution in [3.63, 3.8) is 0 Å². The van der Waals surface area contributed by atoms with Gasteiger partial charge in [0.1, 0.15) is 22.9 Å². The van der Waals surface area contributed by atoms with Crippen LogP contribution < -0.4 is 19.9 Å². The summed E-state index contributed by atoms with van der Waals surface area (Å²) in [6.45, 7) is 11.8. The number of anilines is 1. The summed E-state index contributed by atoms with van der Waals surface area (Å²) >= 11 is 0. The molecule has 2 N–H and O–H groups in total. The largest absolute Gasteiger partial charge is 0.491 e. The third kappa shape index (κ3) is 4.89. The van der Waals surface area contributed by atoms with Gasteiger partial charge in [-0.2, -0.15) is 0 Å². The van der Waals surface area contributed by atoms with E-state index >= 15 is 0 Å². The molecular formula is C15H25NO3. The molecule has 108 valence electrons. The SMILES string of the molecule is CC(C)Oc1cc(OC(C)C)c(N)c(OC(C)C)c1. The Morgan fingerprint density at radius 2 is 1.11 bits per heavy atom. The van der Waals surface area contributed by atoms with E-state index < -0.39 is 0 Å². The molecular weight excluding hydrogens is 242 g/mol. The third-order valence-corrected chi connectivity index (χ3v) is 2.17. The van der Waals surface area contributed by atoms with Crippen LogP contribution in [-0.4, -0.2) is 18.3 Å². The van der Waals surface area contributed by atoms with Crippen LogP contribution in [0.3, 0.4) is 0 Å². The summed E-state index contributed by atoms with van der Waals surface area (Å²) < 4.78 is 17.1. The molecule has 1 aromatic rings. The first kappa shape index (κ1) is 15.5. The maximum atomic E-state index is 6.07. The van der Waals surface area contributed by atoms with Gasteiger partial charge in [-0.15, -0.1) is 0 Å². The van der Waals surface area contributed by atoms with E-state index in [4.69, 9.17) is 19.9 Å². The predicted molar refractivity (Wildman–Crippen MR) is 78.1 cm³/mol. The molecule has 19 heavy (non-hydrogen) atoms. The van der Waals surface area contributed by atoms with Crippen LogP contribution in [0, 0.1) is 0 Å². The zero-order valence-corrected chi connectivity index (χ0v) is 12.7. The molecule has 1 aromatic carbocycles. The Balaban J connectivity index is 3.13. The summed E-state index contributed by atoms with van der Waals surface area (Å²) in [6, 6.07) is 3.62. The molecule has 1 rings (SSSR count). The Morgan fingerprint density at radius 1 is 0.737 bits per heavy atom. The zero-order chi connectivity index (χ0) is 14.6. The Morgan fingerprint density at radius 3 is 1.42 bits per heavy atom. The molecule has 0 spiro atoms. The first-order valence-electron chi connectivity index (χ1n) is 6.73. The van der Waals surface area contributed by atoms with Gasteiger partial charge < -0.3 is 19.9 Å². The second-order valence-corrected chi connectivity index (χ2v) is 5.33. The highest BCUT2D eigenvalue weighted by atomic mass is 16.5. The van der Waals surface area contributed by atoms with Gasteiger partial charge in [0.25, 0.3) is 0 Å². The van der Waals surface area contributed by atoms with E-state index in [0.717, 1.165) is 0 Å². The summed E-state index contributed by atoms with van der Waals surface area (Å²) in [5.74, 6) is 1.91. The van der Waals surface area contributed by atoms with Crippen LogP contribution in [0.4, 0.5) is 5.69 Å². The standard InChI is InChI=1S/C15H25NO3/c1-9(2)17-12-7-13(18-10(3)4)15(16)14(8-12)19-11(5)6/h7-11H,16H2,1-6H3. The molecule has 0 atom stereocenters. The number of ether oxygens (including phenoxy) is 3. The first-order chi connectivity index (χ1) is 8.79. The highest BCUT2D eigenvalue weighted by molar-refractivity contribution is 5.66. The van der Waals surface area contributed by atoms with Gasteiger partial charge in [-0.25, -0.2) is 0 Å². The molecule has 0 unspecified atom stereocenters. The van der Waals surface area contributed by atoms with Gasteiger partial charge in [-0.05, 0) is 41.5 Å². The molecule has 0 bridgehead atoms. The van der Waals surface area contributed by atoms with Crippen molar-refractivity contribution in [2.24, 2.45) is 0 Å². The van der Waals surface area contributed by atoms with Crippen molar-refractivity contribution < 1.29 is 14.2 Å². The highest BCUT2D eigenvalue weighted by Crippen LogP contribution is 2.38. The smallest absolute Gasteiger partial charge is 0.150 e. The van der Waals surface area contributed by atoms with E-state index in [1.807, 2.05) is 53.7 Å². The van der Waals surface area contributed by atoms with E-state index in [9.17, 15) is 0 Å². The van der Waals surface area contributed by atoms with Gasteiger partial charge in [-0.1, -0.05) is 0 Å². The average Bonchev–Trinajstić information content (AvgIpc) is 2.22. The van der Waals surface area contributed by atoms with Crippen molar-refractivity contribution in [3.8, 4) is 17.2 Å². The van der Waals surface area contributed by atoms with E-state index in [0.29, 0.717) is 22.9 Å². The van der Waals surface area contributed by atoms with Crippen LogP contribution in [0.1, 0.15) is 41.5 Å². The molecule has 4 nitrogen and oxygen atoms in total. The maximum absolute atomic E-state index is 6.07. The van der Waals surface area contributed by atoms with Crippen molar-refractivity contribution in [1.82, 2.24) is 0 Å². The molecule has 0 saturated carbocycles. The number of nitrogen functional groups attached to an aromatic ring is 1. The molecule has 0 aliphatic carbocycles. The van der Waals surface area contributed by atoms with E-state index in [-0.39, 0.29) is 18.3 Å². The summed E-state index contributed by atoms with van der Waals surface area (Å²) in [7, 11) is 0. The van der Waals surface area contributed by atoms with Gasteiger partial charge >= 0.3 is 0 Å². The molecule has 0 aliphatic heterocycles. The second-order valence-electron chi connectivity index (χ2n) is 5.33. The third-order valence-electron chi connectivity index (χ3n) is 2.17. The molecule has 0 saturated heterocycles. The summed E-state index contributed by atoms with van der Waals surface area (Å²) in [4.78, 5) is 0. The minimum absolute atomic E-state index is 0.0449. The van der Waals surface area contributed by atoms with Crippen LogP contribution in [0.25, 0.3) is 0 Å². The number of nitrogens with two attached hydrogens (primary N) is 1. The van der Waals surface area contributed by atoms with Crippen LogP contribution in [-0.2, 0) is 0 Å². The average molecular weight is 267 g/mol.